The number of nitrogens with zero attached hydrogens (tertiary/aromatic N) is 1. The second kappa shape index (κ2) is 7.77. The minimum atomic E-state index is 0.390. The van der Waals surface area contributed by atoms with Crippen LogP contribution >= 0.6 is 0 Å². The molecule has 1 heterocycles. The molecule has 2 rings (SSSR count). The summed E-state index contributed by atoms with van der Waals surface area (Å²) in [5, 5.41) is 3.74. The Morgan fingerprint density at radius 2 is 2.05 bits per heavy atom. The fourth-order valence-corrected chi connectivity index (χ4v) is 4.13. The summed E-state index contributed by atoms with van der Waals surface area (Å²) in [7, 11) is 0. The smallest absolute Gasteiger partial charge is 0.0826 e. The lowest BCUT2D eigenvalue weighted by Gasteiger charge is -2.35. The van der Waals surface area contributed by atoms with Crippen molar-refractivity contribution in [3.05, 3.63) is 0 Å². The summed E-state index contributed by atoms with van der Waals surface area (Å²) in [6.07, 6.45) is 7.47. The van der Waals surface area contributed by atoms with Crippen LogP contribution < -0.4 is 5.32 Å². The van der Waals surface area contributed by atoms with Crippen LogP contribution in [0.25, 0.3) is 0 Å². The third kappa shape index (κ3) is 4.71. The van der Waals surface area contributed by atoms with E-state index in [0.717, 1.165) is 38.7 Å². The molecule has 0 bridgehead atoms. The number of ether oxygens (including phenoxy) is 1. The van der Waals surface area contributed by atoms with Crippen LogP contribution in [-0.4, -0.2) is 50.3 Å². The molecule has 118 valence electrons. The summed E-state index contributed by atoms with van der Waals surface area (Å²) in [5.74, 6) is 0.816. The molecule has 3 nitrogen and oxygen atoms in total. The summed E-state index contributed by atoms with van der Waals surface area (Å²) in [5.41, 5.74) is 0.577. The maximum absolute atomic E-state index is 5.88. The van der Waals surface area contributed by atoms with E-state index in [0.29, 0.717) is 11.5 Å². The van der Waals surface area contributed by atoms with Crippen molar-refractivity contribution in [2.24, 2.45) is 11.3 Å². The number of rotatable bonds is 7. The second-order valence-electron chi connectivity index (χ2n) is 7.32. The van der Waals surface area contributed by atoms with E-state index < -0.39 is 0 Å². The first-order valence-corrected chi connectivity index (χ1v) is 8.68. The molecule has 1 saturated carbocycles. The molecule has 1 unspecified atom stereocenters. The number of nitrogens with one attached hydrogen (secondary N) is 1. The molecule has 1 N–H and O–H groups in total. The van der Waals surface area contributed by atoms with E-state index in [4.69, 9.17) is 4.74 Å². The van der Waals surface area contributed by atoms with Crippen molar-refractivity contribution in [2.75, 3.05) is 39.3 Å². The van der Waals surface area contributed by atoms with Gasteiger partial charge >= 0.3 is 0 Å². The monoisotopic (exact) mass is 282 g/mol. The van der Waals surface area contributed by atoms with E-state index >= 15 is 0 Å². The molecule has 1 saturated heterocycles. The number of hydrogen-bond donors (Lipinski definition) is 1. The van der Waals surface area contributed by atoms with Crippen LogP contribution in [0.4, 0.5) is 0 Å². The Balaban J connectivity index is 1.73. The highest BCUT2D eigenvalue weighted by atomic mass is 16.5. The highest BCUT2D eigenvalue weighted by Gasteiger charge is 2.34. The predicted molar refractivity (Wildman–Crippen MR) is 85.1 cm³/mol. The van der Waals surface area contributed by atoms with Crippen molar-refractivity contribution < 1.29 is 4.74 Å². The number of morpholine rings is 1. The van der Waals surface area contributed by atoms with Gasteiger partial charge in [0.15, 0.2) is 0 Å². The topological polar surface area (TPSA) is 24.5 Å². The normalized spacial score (nSPS) is 27.3. The summed E-state index contributed by atoms with van der Waals surface area (Å²) in [4.78, 5) is 2.50. The third-order valence-corrected chi connectivity index (χ3v) is 5.05. The highest BCUT2D eigenvalue weighted by Crippen LogP contribution is 2.42. The van der Waals surface area contributed by atoms with Crippen LogP contribution in [-0.2, 0) is 4.74 Å². The van der Waals surface area contributed by atoms with E-state index in [1.807, 2.05) is 0 Å². The zero-order valence-corrected chi connectivity index (χ0v) is 13.8. The molecule has 1 aliphatic carbocycles. The molecule has 0 aromatic heterocycles. The van der Waals surface area contributed by atoms with E-state index in [-0.39, 0.29) is 0 Å². The zero-order valence-electron chi connectivity index (χ0n) is 13.8. The standard InChI is InChI=1S/C17H34N2O/c1-4-19-9-10-20-16(13-19)12-18-14-17(11-15(2)3)7-5-6-8-17/h15-16,18H,4-14H2,1-3H3. The molecular formula is C17H34N2O. The minimum absolute atomic E-state index is 0.390. The van der Waals surface area contributed by atoms with Gasteiger partial charge in [-0.2, -0.15) is 0 Å². The van der Waals surface area contributed by atoms with Crippen LogP contribution in [0.3, 0.4) is 0 Å². The van der Waals surface area contributed by atoms with Gasteiger partial charge in [-0.05, 0) is 37.1 Å². The lowest BCUT2D eigenvalue weighted by Crippen LogP contribution is -2.47. The lowest BCUT2D eigenvalue weighted by molar-refractivity contribution is -0.0263. The molecule has 3 heteroatoms. The maximum atomic E-state index is 5.88. The zero-order chi connectivity index (χ0) is 14.4. The first-order valence-electron chi connectivity index (χ1n) is 8.68. The second-order valence-corrected chi connectivity index (χ2v) is 7.32. The first kappa shape index (κ1) is 16.3. The number of hydrogen-bond acceptors (Lipinski definition) is 3. The summed E-state index contributed by atoms with van der Waals surface area (Å²) < 4.78 is 5.88. The highest BCUT2D eigenvalue weighted by molar-refractivity contribution is 4.88. The Morgan fingerprint density at radius 1 is 1.30 bits per heavy atom. The van der Waals surface area contributed by atoms with Gasteiger partial charge in [0.1, 0.15) is 0 Å². The SMILES string of the molecule is CCN1CCOC(CNCC2(CC(C)C)CCCC2)C1. The van der Waals surface area contributed by atoms with Crippen molar-refractivity contribution in [3.8, 4) is 0 Å². The molecule has 20 heavy (non-hydrogen) atoms. The Bertz CT molecular complexity index is 274. The van der Waals surface area contributed by atoms with Crippen molar-refractivity contribution >= 4 is 0 Å². The van der Waals surface area contributed by atoms with E-state index in [1.54, 1.807) is 0 Å². The molecule has 0 spiro atoms. The van der Waals surface area contributed by atoms with Crippen molar-refractivity contribution in [1.82, 2.24) is 10.2 Å². The van der Waals surface area contributed by atoms with Gasteiger partial charge in [0.05, 0.1) is 12.7 Å². The van der Waals surface area contributed by atoms with E-state index in [1.165, 1.54) is 38.6 Å². The van der Waals surface area contributed by atoms with Crippen LogP contribution in [0.15, 0.2) is 0 Å². The fraction of sp³-hybridized carbons (Fsp3) is 1.00. The average molecular weight is 282 g/mol. The predicted octanol–water partition coefficient (Wildman–Crippen LogP) is 2.90. The quantitative estimate of drug-likeness (QED) is 0.777. The Kier molecular flexibility index (Phi) is 6.31. The largest absolute Gasteiger partial charge is 0.374 e. The fourth-order valence-electron chi connectivity index (χ4n) is 4.13. The Hall–Kier alpha value is -0.120. The van der Waals surface area contributed by atoms with Gasteiger partial charge in [-0.3, -0.25) is 4.90 Å². The van der Waals surface area contributed by atoms with Crippen molar-refractivity contribution in [2.45, 2.75) is 59.0 Å². The first-order chi connectivity index (χ1) is 9.63. The molecule has 1 aliphatic heterocycles. The molecule has 1 atom stereocenters. The molecule has 0 amide bonds. The lowest BCUT2D eigenvalue weighted by atomic mass is 9.78. The van der Waals surface area contributed by atoms with Crippen LogP contribution in [0.2, 0.25) is 0 Å². The van der Waals surface area contributed by atoms with Gasteiger partial charge in [0, 0.05) is 26.2 Å². The van der Waals surface area contributed by atoms with Crippen LogP contribution in [0, 0.1) is 11.3 Å². The average Bonchev–Trinajstić information content (AvgIpc) is 2.87. The van der Waals surface area contributed by atoms with Gasteiger partial charge in [-0.25, -0.2) is 0 Å². The minimum Gasteiger partial charge on any atom is -0.374 e. The van der Waals surface area contributed by atoms with Crippen molar-refractivity contribution in [3.63, 3.8) is 0 Å². The van der Waals surface area contributed by atoms with Gasteiger partial charge in [0.25, 0.3) is 0 Å². The van der Waals surface area contributed by atoms with Crippen molar-refractivity contribution in [1.29, 1.82) is 0 Å². The summed E-state index contributed by atoms with van der Waals surface area (Å²) in [6, 6.07) is 0. The summed E-state index contributed by atoms with van der Waals surface area (Å²) >= 11 is 0. The molecule has 2 aliphatic rings. The van der Waals surface area contributed by atoms with Gasteiger partial charge in [-0.1, -0.05) is 33.6 Å². The summed E-state index contributed by atoms with van der Waals surface area (Å²) in [6.45, 7) is 13.4. The molecule has 2 fully saturated rings. The third-order valence-electron chi connectivity index (χ3n) is 5.05. The maximum Gasteiger partial charge on any atom is 0.0826 e. The Morgan fingerprint density at radius 3 is 2.70 bits per heavy atom. The van der Waals surface area contributed by atoms with Crippen LogP contribution in [0.1, 0.15) is 52.9 Å². The molecule has 0 radical (unpaired) electrons. The molecule has 0 aromatic rings. The van der Waals surface area contributed by atoms with E-state index in [9.17, 15) is 0 Å². The van der Waals surface area contributed by atoms with E-state index in [2.05, 4.69) is 31.0 Å². The van der Waals surface area contributed by atoms with Gasteiger partial charge < -0.3 is 10.1 Å². The molecule has 0 aromatic carbocycles. The Labute approximate surface area is 125 Å². The van der Waals surface area contributed by atoms with Crippen LogP contribution in [0.5, 0.6) is 0 Å². The molecular weight excluding hydrogens is 248 g/mol. The van der Waals surface area contributed by atoms with Gasteiger partial charge in [0.2, 0.25) is 0 Å². The van der Waals surface area contributed by atoms with Gasteiger partial charge in [-0.15, -0.1) is 0 Å². The number of likely N-dealkylation sites (N-methyl/N-ethyl adjacent to an activating group) is 1.